The second-order valence-electron chi connectivity index (χ2n) is 8.09. The zero-order valence-electron chi connectivity index (χ0n) is 14.8. The molecule has 2 unspecified atom stereocenters. The highest BCUT2D eigenvalue weighted by molar-refractivity contribution is 5.94. The zero-order valence-corrected chi connectivity index (χ0v) is 14.8. The molecule has 0 amide bonds. The standard InChI is InChI=1S/C20H28N4/c1-22-12-13(11-21)10-17(22)15-4-3-5-16-18-14-6-8-24(9-7-14)20(18)23(2)19(15)16/h3-5,13-14,17H,6-12,21H2,1-2H3. The fourth-order valence-corrected chi connectivity index (χ4v) is 5.63. The monoisotopic (exact) mass is 324 g/mol. The summed E-state index contributed by atoms with van der Waals surface area (Å²) in [6.07, 6.45) is 3.85. The van der Waals surface area contributed by atoms with Gasteiger partial charge in [0.25, 0.3) is 0 Å². The SMILES string of the molecule is CN1CC(CN)CC1c1cccc2c3c(n(C)c12)N1CCC3CC1. The number of nitrogens with two attached hydrogens (primary N) is 1. The molecule has 0 spiro atoms. The third-order valence-corrected chi connectivity index (χ3v) is 6.78. The van der Waals surface area contributed by atoms with E-state index >= 15 is 0 Å². The van der Waals surface area contributed by atoms with Crippen LogP contribution < -0.4 is 10.6 Å². The molecule has 24 heavy (non-hydrogen) atoms. The van der Waals surface area contributed by atoms with Crippen LogP contribution in [0.15, 0.2) is 18.2 Å². The number of hydrogen-bond acceptors (Lipinski definition) is 3. The number of anilines is 1. The number of rotatable bonds is 2. The lowest BCUT2D eigenvalue weighted by Gasteiger charge is -2.41. The Balaban J connectivity index is 1.71. The maximum Gasteiger partial charge on any atom is 0.112 e. The van der Waals surface area contributed by atoms with Crippen LogP contribution in [0.3, 0.4) is 0 Å². The molecular formula is C20H28N4. The number of nitrogens with zero attached hydrogens (tertiary/aromatic N) is 3. The average Bonchev–Trinajstić information content (AvgIpc) is 3.16. The van der Waals surface area contributed by atoms with E-state index in [0.717, 1.165) is 19.0 Å². The lowest BCUT2D eigenvalue weighted by atomic mass is 9.84. The van der Waals surface area contributed by atoms with Gasteiger partial charge in [-0.2, -0.15) is 0 Å². The Bertz CT molecular complexity index is 785. The molecule has 0 radical (unpaired) electrons. The summed E-state index contributed by atoms with van der Waals surface area (Å²) in [5.74, 6) is 2.89. The van der Waals surface area contributed by atoms with Crippen molar-refractivity contribution in [1.29, 1.82) is 0 Å². The third-order valence-electron chi connectivity index (χ3n) is 6.78. The van der Waals surface area contributed by atoms with Gasteiger partial charge >= 0.3 is 0 Å². The number of likely N-dealkylation sites (tertiary alicyclic amines) is 1. The molecule has 128 valence electrons. The van der Waals surface area contributed by atoms with Crippen LogP contribution in [0.2, 0.25) is 0 Å². The Morgan fingerprint density at radius 3 is 2.67 bits per heavy atom. The van der Waals surface area contributed by atoms with Crippen LogP contribution in [-0.2, 0) is 7.05 Å². The first kappa shape index (κ1) is 14.8. The van der Waals surface area contributed by atoms with E-state index in [-0.39, 0.29) is 0 Å². The summed E-state index contributed by atoms with van der Waals surface area (Å²) in [6.45, 7) is 4.39. The molecular weight excluding hydrogens is 296 g/mol. The fraction of sp³-hybridized carbons (Fsp3) is 0.600. The van der Waals surface area contributed by atoms with Gasteiger partial charge in [-0.05, 0) is 50.3 Å². The summed E-state index contributed by atoms with van der Waals surface area (Å²) in [7, 11) is 4.54. The molecule has 2 aromatic rings. The van der Waals surface area contributed by atoms with Gasteiger partial charge in [0, 0.05) is 43.7 Å². The number of aryl methyl sites for hydroxylation is 1. The van der Waals surface area contributed by atoms with Crippen LogP contribution in [0.4, 0.5) is 5.82 Å². The van der Waals surface area contributed by atoms with Gasteiger partial charge in [0.05, 0.1) is 5.52 Å². The number of hydrogen-bond donors (Lipinski definition) is 1. The van der Waals surface area contributed by atoms with Gasteiger partial charge in [0.1, 0.15) is 5.82 Å². The Hall–Kier alpha value is -1.52. The van der Waals surface area contributed by atoms with Crippen molar-refractivity contribution >= 4 is 16.7 Å². The average molecular weight is 324 g/mol. The molecule has 6 rings (SSSR count). The van der Waals surface area contributed by atoms with Crippen molar-refractivity contribution in [1.82, 2.24) is 9.47 Å². The minimum atomic E-state index is 0.505. The Morgan fingerprint density at radius 2 is 1.96 bits per heavy atom. The molecule has 1 aromatic carbocycles. The minimum Gasteiger partial charge on any atom is -0.358 e. The highest BCUT2D eigenvalue weighted by atomic mass is 15.3. The first-order valence-electron chi connectivity index (χ1n) is 9.45. The van der Waals surface area contributed by atoms with E-state index in [1.165, 1.54) is 54.6 Å². The quantitative estimate of drug-likeness (QED) is 0.923. The van der Waals surface area contributed by atoms with Crippen molar-refractivity contribution in [2.75, 3.05) is 38.1 Å². The first-order chi connectivity index (χ1) is 11.7. The zero-order chi connectivity index (χ0) is 16.4. The molecule has 2 bridgehead atoms. The van der Waals surface area contributed by atoms with E-state index < -0.39 is 0 Å². The molecule has 2 atom stereocenters. The lowest BCUT2D eigenvalue weighted by molar-refractivity contribution is 0.315. The maximum atomic E-state index is 5.96. The maximum absolute atomic E-state index is 5.96. The van der Waals surface area contributed by atoms with Gasteiger partial charge in [-0.3, -0.25) is 4.90 Å². The van der Waals surface area contributed by atoms with Gasteiger partial charge in [0.2, 0.25) is 0 Å². The van der Waals surface area contributed by atoms with Gasteiger partial charge in [-0.1, -0.05) is 18.2 Å². The van der Waals surface area contributed by atoms with E-state index in [0.29, 0.717) is 12.0 Å². The van der Waals surface area contributed by atoms with Crippen LogP contribution in [0, 0.1) is 5.92 Å². The topological polar surface area (TPSA) is 37.4 Å². The lowest BCUT2D eigenvalue weighted by Crippen LogP contribution is -2.39. The molecule has 5 heterocycles. The summed E-state index contributed by atoms with van der Waals surface area (Å²) >= 11 is 0. The second kappa shape index (κ2) is 5.24. The molecule has 2 N–H and O–H groups in total. The smallest absolute Gasteiger partial charge is 0.112 e. The van der Waals surface area contributed by atoms with Crippen molar-refractivity contribution in [2.24, 2.45) is 18.7 Å². The van der Waals surface area contributed by atoms with E-state index in [9.17, 15) is 0 Å². The first-order valence-corrected chi connectivity index (χ1v) is 9.45. The number of fused-ring (bicyclic) bond motifs is 3. The molecule has 4 aliphatic heterocycles. The van der Waals surface area contributed by atoms with E-state index in [1.54, 1.807) is 5.56 Å². The van der Waals surface area contributed by atoms with Gasteiger partial charge in [0.15, 0.2) is 0 Å². The predicted molar refractivity (Wildman–Crippen MR) is 99.6 cm³/mol. The Labute approximate surface area is 144 Å². The summed E-state index contributed by atoms with van der Waals surface area (Å²) < 4.78 is 2.49. The summed E-state index contributed by atoms with van der Waals surface area (Å²) in [6, 6.07) is 7.49. The van der Waals surface area contributed by atoms with Gasteiger partial charge < -0.3 is 15.2 Å². The Morgan fingerprint density at radius 1 is 1.17 bits per heavy atom. The van der Waals surface area contributed by atoms with E-state index in [2.05, 4.69) is 46.7 Å². The summed E-state index contributed by atoms with van der Waals surface area (Å²) in [5, 5.41) is 1.50. The summed E-state index contributed by atoms with van der Waals surface area (Å²) in [4.78, 5) is 5.12. The van der Waals surface area contributed by atoms with Crippen molar-refractivity contribution in [3.63, 3.8) is 0 Å². The highest BCUT2D eigenvalue weighted by Crippen LogP contribution is 2.49. The van der Waals surface area contributed by atoms with Crippen molar-refractivity contribution in [3.05, 3.63) is 29.3 Å². The van der Waals surface area contributed by atoms with E-state index in [4.69, 9.17) is 5.73 Å². The number of para-hydroxylation sites is 1. The minimum absolute atomic E-state index is 0.505. The van der Waals surface area contributed by atoms with E-state index in [1.807, 2.05) is 0 Å². The molecule has 0 aliphatic carbocycles. The highest BCUT2D eigenvalue weighted by Gasteiger charge is 2.37. The van der Waals surface area contributed by atoms with Crippen LogP contribution in [0.5, 0.6) is 0 Å². The molecule has 4 nitrogen and oxygen atoms in total. The molecule has 1 aromatic heterocycles. The molecule has 2 saturated heterocycles. The van der Waals surface area contributed by atoms with Gasteiger partial charge in [-0.25, -0.2) is 0 Å². The van der Waals surface area contributed by atoms with Crippen LogP contribution in [0.25, 0.3) is 10.9 Å². The van der Waals surface area contributed by atoms with Crippen LogP contribution in [-0.4, -0.2) is 42.7 Å². The van der Waals surface area contributed by atoms with Crippen molar-refractivity contribution in [3.8, 4) is 0 Å². The number of benzene rings is 1. The number of aromatic nitrogens is 1. The molecule has 4 heteroatoms. The fourth-order valence-electron chi connectivity index (χ4n) is 5.63. The van der Waals surface area contributed by atoms with Crippen molar-refractivity contribution < 1.29 is 0 Å². The third kappa shape index (κ3) is 1.87. The van der Waals surface area contributed by atoms with Gasteiger partial charge in [-0.15, -0.1) is 0 Å². The molecule has 2 fully saturated rings. The second-order valence-corrected chi connectivity index (χ2v) is 8.09. The number of piperidine rings is 1. The summed E-state index contributed by atoms with van der Waals surface area (Å²) in [5.41, 5.74) is 10.6. The molecule has 4 aliphatic rings. The van der Waals surface area contributed by atoms with Crippen LogP contribution >= 0.6 is 0 Å². The molecule has 0 saturated carbocycles. The largest absolute Gasteiger partial charge is 0.358 e. The van der Waals surface area contributed by atoms with Crippen molar-refractivity contribution in [2.45, 2.75) is 31.2 Å². The van der Waals surface area contributed by atoms with Crippen LogP contribution in [0.1, 0.15) is 42.3 Å². The Kier molecular flexibility index (Phi) is 3.23. The predicted octanol–water partition coefficient (Wildman–Crippen LogP) is 2.83. The normalized spacial score (nSPS) is 27.4.